The molecule has 0 aromatic heterocycles. The molecule has 3 unspecified atom stereocenters. The van der Waals surface area contributed by atoms with E-state index in [1.807, 2.05) is 0 Å². The molecule has 3 atom stereocenters. The topological polar surface area (TPSA) is 32.3 Å². The van der Waals surface area contributed by atoms with E-state index in [4.69, 9.17) is 0 Å². The molecular weight excluding hydrogens is 224 g/mol. The number of amides is 1. The van der Waals surface area contributed by atoms with Crippen LogP contribution < -0.4 is 5.32 Å². The van der Waals surface area contributed by atoms with Crippen molar-refractivity contribution in [3.63, 3.8) is 0 Å². The largest absolute Gasteiger partial charge is 0.325 e. The van der Waals surface area contributed by atoms with Crippen molar-refractivity contribution in [1.82, 2.24) is 10.2 Å². The van der Waals surface area contributed by atoms with Crippen LogP contribution in [0.25, 0.3) is 0 Å². The minimum atomic E-state index is 0.0699. The molecule has 104 valence electrons. The third-order valence-electron chi connectivity index (χ3n) is 4.51. The highest BCUT2D eigenvalue weighted by atomic mass is 16.2. The predicted octanol–water partition coefficient (Wildman–Crippen LogP) is 2.76. The van der Waals surface area contributed by atoms with Crippen LogP contribution in [-0.2, 0) is 4.79 Å². The molecular formula is C15H28N2O. The number of carbonyl (C=O) groups excluding carboxylic acids is 1. The van der Waals surface area contributed by atoms with Crippen molar-refractivity contribution in [2.75, 3.05) is 6.67 Å². The first-order chi connectivity index (χ1) is 8.59. The van der Waals surface area contributed by atoms with E-state index in [2.05, 4.69) is 31.0 Å². The third kappa shape index (κ3) is 3.05. The number of hydrogen-bond acceptors (Lipinski definition) is 2. The molecule has 3 nitrogen and oxygen atoms in total. The van der Waals surface area contributed by atoms with Gasteiger partial charge in [-0.15, -0.1) is 0 Å². The third-order valence-corrected chi connectivity index (χ3v) is 4.51. The molecule has 2 fully saturated rings. The van der Waals surface area contributed by atoms with Crippen LogP contribution in [0, 0.1) is 11.8 Å². The van der Waals surface area contributed by atoms with E-state index in [9.17, 15) is 4.79 Å². The quantitative estimate of drug-likeness (QED) is 0.783. The summed E-state index contributed by atoms with van der Waals surface area (Å²) in [6.45, 7) is 7.46. The van der Waals surface area contributed by atoms with Gasteiger partial charge in [-0.3, -0.25) is 10.1 Å². The van der Waals surface area contributed by atoms with Crippen molar-refractivity contribution in [2.24, 2.45) is 11.8 Å². The Hall–Kier alpha value is -0.570. The van der Waals surface area contributed by atoms with Crippen molar-refractivity contribution in [3.8, 4) is 0 Å². The first-order valence-corrected chi connectivity index (χ1v) is 7.63. The van der Waals surface area contributed by atoms with Gasteiger partial charge in [0.25, 0.3) is 0 Å². The Labute approximate surface area is 111 Å². The summed E-state index contributed by atoms with van der Waals surface area (Å²) in [5, 5.41) is 3.40. The Morgan fingerprint density at radius 2 is 2.00 bits per heavy atom. The Bertz CT molecular complexity index is 290. The Balaban J connectivity index is 1.98. The Morgan fingerprint density at radius 1 is 1.28 bits per heavy atom. The van der Waals surface area contributed by atoms with Crippen LogP contribution in [0.3, 0.4) is 0 Å². The summed E-state index contributed by atoms with van der Waals surface area (Å²) in [6, 6.07) is 0.546. The lowest BCUT2D eigenvalue weighted by atomic mass is 9.95. The molecule has 0 radical (unpaired) electrons. The van der Waals surface area contributed by atoms with E-state index in [1.165, 1.54) is 32.1 Å². The monoisotopic (exact) mass is 252 g/mol. The summed E-state index contributed by atoms with van der Waals surface area (Å²) in [5.74, 6) is 1.59. The first-order valence-electron chi connectivity index (χ1n) is 7.63. The molecule has 3 heteroatoms. The van der Waals surface area contributed by atoms with Crippen LogP contribution in [0.15, 0.2) is 0 Å². The standard InChI is InChI=1S/C15H28N2O/c1-11(2)9-13-15(18)17(10-16-13)14-8-6-4-5-7-12(14)3/h11-14,16H,4-10H2,1-3H3. The molecule has 1 heterocycles. The summed E-state index contributed by atoms with van der Waals surface area (Å²) in [7, 11) is 0. The minimum Gasteiger partial charge on any atom is -0.325 e. The molecule has 1 saturated heterocycles. The fraction of sp³-hybridized carbons (Fsp3) is 0.933. The molecule has 0 bridgehead atoms. The van der Waals surface area contributed by atoms with Crippen molar-refractivity contribution in [2.45, 2.75) is 71.4 Å². The second-order valence-electron chi connectivity index (χ2n) is 6.54. The first kappa shape index (κ1) is 13.9. The van der Waals surface area contributed by atoms with E-state index in [1.54, 1.807) is 0 Å². The average molecular weight is 252 g/mol. The lowest BCUT2D eigenvalue weighted by molar-refractivity contribution is -0.132. The van der Waals surface area contributed by atoms with Crippen LogP contribution in [-0.4, -0.2) is 29.6 Å². The molecule has 1 aliphatic heterocycles. The van der Waals surface area contributed by atoms with Crippen LogP contribution in [0.5, 0.6) is 0 Å². The summed E-state index contributed by atoms with van der Waals surface area (Å²) < 4.78 is 0. The normalized spacial score (nSPS) is 34.1. The van der Waals surface area contributed by atoms with Crippen LogP contribution >= 0.6 is 0 Å². The average Bonchev–Trinajstić information content (AvgIpc) is 2.53. The smallest absolute Gasteiger partial charge is 0.241 e. The van der Waals surface area contributed by atoms with Crippen LogP contribution in [0.2, 0.25) is 0 Å². The molecule has 0 aromatic carbocycles. The minimum absolute atomic E-state index is 0.0699. The maximum atomic E-state index is 12.5. The molecule has 2 aliphatic rings. The van der Waals surface area contributed by atoms with Crippen LogP contribution in [0.1, 0.15) is 59.3 Å². The van der Waals surface area contributed by atoms with Crippen LogP contribution in [0.4, 0.5) is 0 Å². The molecule has 1 saturated carbocycles. The van der Waals surface area contributed by atoms with Gasteiger partial charge in [-0.25, -0.2) is 0 Å². The van der Waals surface area contributed by atoms with E-state index >= 15 is 0 Å². The number of hydrogen-bond donors (Lipinski definition) is 1. The summed E-state index contributed by atoms with van der Waals surface area (Å²) in [4.78, 5) is 14.6. The van der Waals surface area contributed by atoms with Gasteiger partial charge < -0.3 is 4.90 Å². The van der Waals surface area contributed by atoms with E-state index < -0.39 is 0 Å². The van der Waals surface area contributed by atoms with Gasteiger partial charge in [0.05, 0.1) is 12.7 Å². The summed E-state index contributed by atoms with van der Waals surface area (Å²) >= 11 is 0. The molecule has 0 aromatic rings. The van der Waals surface area contributed by atoms with Gasteiger partial charge in [-0.2, -0.15) is 0 Å². The van der Waals surface area contributed by atoms with Gasteiger partial charge in [-0.05, 0) is 31.1 Å². The second-order valence-corrected chi connectivity index (χ2v) is 6.54. The van der Waals surface area contributed by atoms with Gasteiger partial charge >= 0.3 is 0 Å². The molecule has 2 rings (SSSR count). The summed E-state index contributed by atoms with van der Waals surface area (Å²) in [5.41, 5.74) is 0. The molecule has 0 spiro atoms. The number of carbonyl (C=O) groups is 1. The summed E-state index contributed by atoms with van der Waals surface area (Å²) in [6.07, 6.45) is 7.41. The number of rotatable bonds is 3. The highest BCUT2D eigenvalue weighted by Gasteiger charge is 2.37. The van der Waals surface area contributed by atoms with Gasteiger partial charge in [-0.1, -0.05) is 40.0 Å². The van der Waals surface area contributed by atoms with Gasteiger partial charge in [0.1, 0.15) is 0 Å². The van der Waals surface area contributed by atoms with Crippen molar-refractivity contribution in [3.05, 3.63) is 0 Å². The lowest BCUT2D eigenvalue weighted by Crippen LogP contribution is -2.42. The fourth-order valence-corrected chi connectivity index (χ4v) is 3.45. The van der Waals surface area contributed by atoms with E-state index in [0.717, 1.165) is 13.1 Å². The highest BCUT2D eigenvalue weighted by molar-refractivity contribution is 5.84. The zero-order valence-electron chi connectivity index (χ0n) is 12.1. The van der Waals surface area contributed by atoms with Gasteiger partial charge in [0.15, 0.2) is 0 Å². The van der Waals surface area contributed by atoms with Crippen molar-refractivity contribution < 1.29 is 4.79 Å². The molecule has 1 N–H and O–H groups in total. The Kier molecular flexibility index (Phi) is 4.66. The van der Waals surface area contributed by atoms with E-state index in [0.29, 0.717) is 23.8 Å². The second kappa shape index (κ2) is 6.05. The Morgan fingerprint density at radius 3 is 2.72 bits per heavy atom. The predicted molar refractivity (Wildman–Crippen MR) is 74.1 cm³/mol. The van der Waals surface area contributed by atoms with E-state index in [-0.39, 0.29) is 6.04 Å². The molecule has 18 heavy (non-hydrogen) atoms. The maximum absolute atomic E-state index is 12.5. The zero-order chi connectivity index (χ0) is 13.1. The SMILES string of the molecule is CC(C)CC1NCN(C2CCCCCC2C)C1=O. The maximum Gasteiger partial charge on any atom is 0.241 e. The fourth-order valence-electron chi connectivity index (χ4n) is 3.45. The number of nitrogens with one attached hydrogen (secondary N) is 1. The zero-order valence-corrected chi connectivity index (χ0v) is 12.1. The molecule has 1 aliphatic carbocycles. The van der Waals surface area contributed by atoms with Crippen molar-refractivity contribution >= 4 is 5.91 Å². The lowest BCUT2D eigenvalue weighted by Gasteiger charge is -2.31. The van der Waals surface area contributed by atoms with Crippen molar-refractivity contribution in [1.29, 1.82) is 0 Å². The molecule has 1 amide bonds. The van der Waals surface area contributed by atoms with Gasteiger partial charge in [0.2, 0.25) is 5.91 Å². The number of nitrogens with zero attached hydrogens (tertiary/aromatic N) is 1. The van der Waals surface area contributed by atoms with Gasteiger partial charge in [0, 0.05) is 6.04 Å². The highest BCUT2D eigenvalue weighted by Crippen LogP contribution is 2.29.